The first-order valence-electron chi connectivity index (χ1n) is 6.71. The van der Waals surface area contributed by atoms with Crippen LogP contribution in [0.3, 0.4) is 0 Å². The van der Waals surface area contributed by atoms with Crippen LogP contribution in [0.25, 0.3) is 17.0 Å². The van der Waals surface area contributed by atoms with Crippen molar-refractivity contribution >= 4 is 46.0 Å². The lowest BCUT2D eigenvalue weighted by Gasteiger charge is -2.00. The van der Waals surface area contributed by atoms with Crippen molar-refractivity contribution in [2.24, 2.45) is 0 Å². The molecule has 0 saturated carbocycles. The first-order valence-corrected chi connectivity index (χ1v) is 7.47. The van der Waals surface area contributed by atoms with Gasteiger partial charge in [0.05, 0.1) is 20.9 Å². The Balaban J connectivity index is 1.91. The Morgan fingerprint density at radius 1 is 1.09 bits per heavy atom. The quantitative estimate of drug-likeness (QED) is 0.574. The first kappa shape index (κ1) is 15.5. The van der Waals surface area contributed by atoms with E-state index in [4.69, 9.17) is 23.2 Å². The van der Waals surface area contributed by atoms with Gasteiger partial charge in [-0.25, -0.2) is 4.98 Å². The molecule has 0 bridgehead atoms. The topological polar surface area (TPSA) is 62.8 Å². The molecule has 0 unspecified atom stereocenters. The zero-order valence-corrected chi connectivity index (χ0v) is 13.2. The fourth-order valence-electron chi connectivity index (χ4n) is 2.08. The molecule has 0 aliphatic rings. The average molecular weight is 345 g/mol. The number of rotatable bonds is 3. The van der Waals surface area contributed by atoms with Gasteiger partial charge in [0.15, 0.2) is 5.78 Å². The van der Waals surface area contributed by atoms with Crippen LogP contribution >= 0.6 is 23.2 Å². The van der Waals surface area contributed by atoms with E-state index >= 15 is 0 Å². The second-order valence-electron chi connectivity index (χ2n) is 4.79. The molecule has 0 spiro atoms. The van der Waals surface area contributed by atoms with Crippen LogP contribution in [-0.2, 0) is 0 Å². The molecule has 1 N–H and O–H groups in total. The number of nitrogens with one attached hydrogen (secondary N) is 1. The largest absolute Gasteiger partial charge is 0.306 e. The van der Waals surface area contributed by atoms with Crippen LogP contribution in [-0.4, -0.2) is 15.8 Å². The Kier molecular flexibility index (Phi) is 4.28. The third-order valence-electron chi connectivity index (χ3n) is 3.23. The molecular weight excluding hydrogens is 335 g/mol. The summed E-state index contributed by atoms with van der Waals surface area (Å²) >= 11 is 11.7. The third kappa shape index (κ3) is 3.33. The minimum Gasteiger partial charge on any atom is -0.306 e. The zero-order chi connectivity index (χ0) is 16.4. The lowest BCUT2D eigenvalue weighted by atomic mass is 10.1. The molecule has 0 saturated heterocycles. The Morgan fingerprint density at radius 2 is 1.87 bits per heavy atom. The lowest BCUT2D eigenvalue weighted by Crippen LogP contribution is -2.09. The number of hydrogen-bond donors (Lipinski definition) is 1. The molecule has 4 nitrogen and oxygen atoms in total. The number of fused-ring (bicyclic) bond motifs is 1. The summed E-state index contributed by atoms with van der Waals surface area (Å²) in [4.78, 5) is 31.0. The Labute approximate surface area is 141 Å². The zero-order valence-electron chi connectivity index (χ0n) is 11.7. The number of carbonyl (C=O) groups is 1. The summed E-state index contributed by atoms with van der Waals surface area (Å²) in [5, 5.41) is 1.19. The second kappa shape index (κ2) is 6.36. The molecule has 0 atom stereocenters. The smallest absolute Gasteiger partial charge is 0.259 e. The number of H-pyrrole nitrogens is 1. The van der Waals surface area contributed by atoms with Crippen LogP contribution < -0.4 is 5.56 Å². The van der Waals surface area contributed by atoms with Crippen molar-refractivity contribution in [1.82, 2.24) is 9.97 Å². The molecule has 2 aromatic carbocycles. The Bertz CT molecular complexity index is 993. The van der Waals surface area contributed by atoms with Crippen molar-refractivity contribution in [3.63, 3.8) is 0 Å². The molecule has 0 radical (unpaired) electrons. The first-order chi connectivity index (χ1) is 11.0. The van der Waals surface area contributed by atoms with E-state index in [1.807, 2.05) is 0 Å². The number of nitrogens with zero attached hydrogens (tertiary/aromatic N) is 1. The van der Waals surface area contributed by atoms with E-state index in [1.54, 1.807) is 36.4 Å². The highest BCUT2D eigenvalue weighted by Crippen LogP contribution is 2.23. The van der Waals surface area contributed by atoms with Crippen LogP contribution in [0, 0.1) is 0 Å². The molecule has 0 amide bonds. The number of para-hydroxylation sites is 1. The molecule has 1 aromatic heterocycles. The number of aromatic amines is 1. The maximum atomic E-state index is 12.1. The van der Waals surface area contributed by atoms with Crippen molar-refractivity contribution in [2.45, 2.75) is 0 Å². The lowest BCUT2D eigenvalue weighted by molar-refractivity contribution is 0.104. The van der Waals surface area contributed by atoms with Gasteiger partial charge in [-0.15, -0.1) is 0 Å². The highest BCUT2D eigenvalue weighted by molar-refractivity contribution is 6.42. The van der Waals surface area contributed by atoms with Gasteiger partial charge in [0.1, 0.15) is 5.82 Å². The predicted octanol–water partition coefficient (Wildman–Crippen LogP) is 4.13. The van der Waals surface area contributed by atoms with Crippen molar-refractivity contribution in [3.8, 4) is 0 Å². The summed E-state index contributed by atoms with van der Waals surface area (Å²) in [6.45, 7) is 0. The minimum absolute atomic E-state index is 0.253. The van der Waals surface area contributed by atoms with Crippen LogP contribution in [0.5, 0.6) is 0 Å². The van der Waals surface area contributed by atoms with E-state index in [9.17, 15) is 9.59 Å². The Hall–Kier alpha value is -2.43. The average Bonchev–Trinajstić information content (AvgIpc) is 2.55. The second-order valence-corrected chi connectivity index (χ2v) is 5.61. The fourth-order valence-corrected chi connectivity index (χ4v) is 2.38. The normalized spacial score (nSPS) is 11.2. The minimum atomic E-state index is -0.264. The van der Waals surface area contributed by atoms with Gasteiger partial charge in [-0.05, 0) is 42.5 Å². The van der Waals surface area contributed by atoms with Gasteiger partial charge in [-0.2, -0.15) is 0 Å². The van der Waals surface area contributed by atoms with Gasteiger partial charge in [0.25, 0.3) is 5.56 Å². The number of benzene rings is 2. The van der Waals surface area contributed by atoms with Crippen LogP contribution in [0.15, 0.2) is 53.3 Å². The van der Waals surface area contributed by atoms with Crippen molar-refractivity contribution in [2.75, 3.05) is 0 Å². The molecule has 6 heteroatoms. The maximum absolute atomic E-state index is 12.1. The third-order valence-corrected chi connectivity index (χ3v) is 3.97. The Morgan fingerprint density at radius 3 is 2.65 bits per heavy atom. The van der Waals surface area contributed by atoms with Gasteiger partial charge < -0.3 is 4.98 Å². The number of hydrogen-bond acceptors (Lipinski definition) is 3. The maximum Gasteiger partial charge on any atom is 0.259 e. The van der Waals surface area contributed by atoms with Crippen molar-refractivity contribution in [1.29, 1.82) is 0 Å². The molecule has 3 rings (SSSR count). The summed E-state index contributed by atoms with van der Waals surface area (Å²) in [6, 6.07) is 11.6. The standard InChI is InChI=1S/C17H10Cl2N2O2/c18-12-6-5-10(9-13(12)19)15(22)7-8-16-20-14-4-2-1-3-11(14)17(23)21-16/h1-9H,(H,20,21,23)/b8-7+. The van der Waals surface area contributed by atoms with E-state index in [-0.39, 0.29) is 11.3 Å². The van der Waals surface area contributed by atoms with Gasteiger partial charge >= 0.3 is 0 Å². The van der Waals surface area contributed by atoms with Gasteiger partial charge in [0.2, 0.25) is 0 Å². The monoisotopic (exact) mass is 344 g/mol. The summed E-state index contributed by atoms with van der Waals surface area (Å²) in [7, 11) is 0. The van der Waals surface area contributed by atoms with E-state index in [2.05, 4.69) is 9.97 Å². The highest BCUT2D eigenvalue weighted by atomic mass is 35.5. The fraction of sp³-hybridized carbons (Fsp3) is 0. The molecule has 0 fully saturated rings. The van der Waals surface area contributed by atoms with E-state index in [0.717, 1.165) is 0 Å². The molecule has 1 heterocycles. The summed E-state index contributed by atoms with van der Waals surface area (Å²) in [6.07, 6.45) is 2.78. The number of halogens is 2. The molecule has 23 heavy (non-hydrogen) atoms. The van der Waals surface area contributed by atoms with Crippen LogP contribution in [0.2, 0.25) is 10.0 Å². The number of aromatic nitrogens is 2. The number of carbonyl (C=O) groups excluding carboxylic acids is 1. The van der Waals surface area contributed by atoms with Gasteiger partial charge in [0, 0.05) is 5.56 Å². The molecule has 0 aliphatic heterocycles. The molecule has 114 valence electrons. The highest BCUT2D eigenvalue weighted by Gasteiger charge is 2.06. The van der Waals surface area contributed by atoms with Crippen LogP contribution in [0.1, 0.15) is 16.2 Å². The number of ketones is 1. The van der Waals surface area contributed by atoms with E-state index in [0.29, 0.717) is 32.3 Å². The molecular formula is C17H10Cl2N2O2. The van der Waals surface area contributed by atoms with Gasteiger partial charge in [-0.3, -0.25) is 9.59 Å². The molecule has 3 aromatic rings. The summed E-state index contributed by atoms with van der Waals surface area (Å²) in [5.74, 6) is 0.0430. The SMILES string of the molecule is O=C(/C=C/c1nc2ccccc2c(=O)[nH]1)c1ccc(Cl)c(Cl)c1. The van der Waals surface area contributed by atoms with Crippen molar-refractivity contribution in [3.05, 3.63) is 80.3 Å². The van der Waals surface area contributed by atoms with Crippen LogP contribution in [0.4, 0.5) is 0 Å². The van der Waals surface area contributed by atoms with E-state index < -0.39 is 0 Å². The molecule has 0 aliphatic carbocycles. The van der Waals surface area contributed by atoms with Gasteiger partial charge in [-0.1, -0.05) is 35.3 Å². The van der Waals surface area contributed by atoms with E-state index in [1.165, 1.54) is 18.2 Å². The summed E-state index contributed by atoms with van der Waals surface area (Å²) < 4.78 is 0. The number of allylic oxidation sites excluding steroid dienone is 1. The van der Waals surface area contributed by atoms with Crippen molar-refractivity contribution < 1.29 is 4.79 Å². The summed E-state index contributed by atoms with van der Waals surface area (Å²) in [5.41, 5.74) is 0.717. The predicted molar refractivity (Wildman–Crippen MR) is 92.2 cm³/mol.